The number of thiazole rings is 1. The molecule has 112 valence electrons. The van der Waals surface area contributed by atoms with Crippen molar-refractivity contribution < 1.29 is 22.4 Å². The van der Waals surface area contributed by atoms with E-state index in [-0.39, 0.29) is 0 Å². The maximum Gasteiger partial charge on any atom is 0.261 e. The topological polar surface area (TPSA) is 102 Å². The van der Waals surface area contributed by atoms with E-state index in [9.17, 15) is 8.42 Å². The van der Waals surface area contributed by atoms with Gasteiger partial charge in [0, 0.05) is 7.05 Å². The molecule has 0 saturated heterocycles. The van der Waals surface area contributed by atoms with E-state index in [1.54, 1.807) is 18.8 Å². The zero-order chi connectivity index (χ0) is 15.5. The van der Waals surface area contributed by atoms with Crippen molar-refractivity contribution in [2.45, 2.75) is 0 Å². The van der Waals surface area contributed by atoms with E-state index in [0.29, 0.717) is 11.1 Å². The minimum absolute atomic E-state index is 0.479. The Kier molecular flexibility index (Phi) is 5.15. The summed E-state index contributed by atoms with van der Waals surface area (Å²) in [5, 5.41) is 7.76. The van der Waals surface area contributed by atoms with Crippen molar-refractivity contribution >= 4 is 31.7 Å². The van der Waals surface area contributed by atoms with Crippen molar-refractivity contribution in [1.82, 2.24) is 4.57 Å². The molecule has 1 aromatic heterocycles. The lowest BCUT2D eigenvalue weighted by Crippen LogP contribution is -2.07. The lowest BCUT2D eigenvalue weighted by atomic mass is 10.3. The van der Waals surface area contributed by atoms with Crippen molar-refractivity contribution in [3.8, 4) is 11.5 Å². The Morgan fingerprint density at radius 1 is 1.25 bits per heavy atom. The molecule has 0 radical (unpaired) electrons. The third kappa shape index (κ3) is 3.95. The fraction of sp³-hybridized carbons (Fsp3) is 0.364. The van der Waals surface area contributed by atoms with Crippen LogP contribution in [0.1, 0.15) is 0 Å². The van der Waals surface area contributed by atoms with Crippen LogP contribution in [0.25, 0.3) is 10.2 Å². The standard InChI is InChI=1S/C10H12N2O2S.CH4O3S/c1-12-8-6(13-2)4-5-7(14-3)9(8)15-10(12)11;1-5(2,3)4/h4-5,11H,1-3H3;1H3,(H,2,3,4). The predicted molar refractivity (Wildman–Crippen MR) is 77.2 cm³/mol. The van der Waals surface area contributed by atoms with E-state index in [0.717, 1.165) is 21.7 Å². The predicted octanol–water partition coefficient (Wildman–Crippen LogP) is 1.24. The molecule has 0 spiro atoms. The summed E-state index contributed by atoms with van der Waals surface area (Å²) in [4.78, 5) is 0.479. The monoisotopic (exact) mass is 320 g/mol. The normalized spacial score (nSPS) is 10.8. The molecule has 0 aliphatic rings. The number of hydrogen-bond acceptors (Lipinski definition) is 6. The minimum atomic E-state index is -3.67. The molecular formula is C11H16N2O5S2. The second-order valence-corrected chi connectivity index (χ2v) is 6.31. The SMILES string of the molecule is COc1ccc(OC)c2c1sc(=N)n2C.CS(=O)(=O)O. The number of nitrogens with one attached hydrogen (secondary N) is 1. The van der Waals surface area contributed by atoms with Gasteiger partial charge >= 0.3 is 0 Å². The molecule has 0 aliphatic heterocycles. The van der Waals surface area contributed by atoms with Crippen LogP contribution in [-0.2, 0) is 17.2 Å². The molecule has 20 heavy (non-hydrogen) atoms. The molecule has 2 rings (SSSR count). The molecule has 7 nitrogen and oxygen atoms in total. The average molecular weight is 320 g/mol. The highest BCUT2D eigenvalue weighted by molar-refractivity contribution is 7.85. The van der Waals surface area contributed by atoms with Crippen LogP contribution in [0.4, 0.5) is 0 Å². The number of rotatable bonds is 2. The van der Waals surface area contributed by atoms with Crippen LogP contribution in [0.5, 0.6) is 11.5 Å². The fourth-order valence-electron chi connectivity index (χ4n) is 1.54. The number of aryl methyl sites for hydroxylation is 1. The van der Waals surface area contributed by atoms with E-state index in [1.165, 1.54) is 11.3 Å². The fourth-order valence-corrected chi connectivity index (χ4v) is 2.55. The Bertz CT molecular complexity index is 753. The molecule has 0 fully saturated rings. The molecule has 9 heteroatoms. The van der Waals surface area contributed by atoms with Crippen molar-refractivity contribution in [3.05, 3.63) is 16.9 Å². The van der Waals surface area contributed by atoms with E-state index in [4.69, 9.17) is 19.4 Å². The zero-order valence-electron chi connectivity index (χ0n) is 11.5. The van der Waals surface area contributed by atoms with Gasteiger partial charge in [0.25, 0.3) is 10.1 Å². The summed E-state index contributed by atoms with van der Waals surface area (Å²) in [7, 11) is 1.44. The Balaban J connectivity index is 0.000000347. The molecule has 0 bridgehead atoms. The summed E-state index contributed by atoms with van der Waals surface area (Å²) >= 11 is 1.38. The highest BCUT2D eigenvalue weighted by Crippen LogP contribution is 2.34. The smallest absolute Gasteiger partial charge is 0.261 e. The molecule has 0 unspecified atom stereocenters. The number of fused-ring (bicyclic) bond motifs is 1. The molecule has 0 saturated carbocycles. The van der Waals surface area contributed by atoms with Gasteiger partial charge in [0.15, 0.2) is 4.80 Å². The number of hydrogen-bond donors (Lipinski definition) is 2. The first-order valence-corrected chi connectivity index (χ1v) is 8.03. The number of ether oxygens (including phenoxy) is 2. The summed E-state index contributed by atoms with van der Waals surface area (Å²) in [5.41, 5.74) is 0.909. The Labute approximate surface area is 120 Å². The minimum Gasteiger partial charge on any atom is -0.495 e. The van der Waals surface area contributed by atoms with E-state index < -0.39 is 10.1 Å². The third-order valence-corrected chi connectivity index (χ3v) is 3.40. The maximum atomic E-state index is 9.19. The van der Waals surface area contributed by atoms with Gasteiger partial charge < -0.3 is 14.0 Å². The Morgan fingerprint density at radius 3 is 2.15 bits per heavy atom. The van der Waals surface area contributed by atoms with Crippen molar-refractivity contribution in [2.75, 3.05) is 20.5 Å². The molecule has 0 aliphatic carbocycles. The van der Waals surface area contributed by atoms with Gasteiger partial charge in [-0.1, -0.05) is 11.3 Å². The van der Waals surface area contributed by atoms with Crippen LogP contribution in [-0.4, -0.2) is 38.0 Å². The Hall–Kier alpha value is -1.58. The zero-order valence-corrected chi connectivity index (χ0v) is 13.1. The molecular weight excluding hydrogens is 304 g/mol. The maximum absolute atomic E-state index is 9.19. The lowest BCUT2D eigenvalue weighted by Gasteiger charge is -2.06. The van der Waals surface area contributed by atoms with E-state index in [1.807, 2.05) is 19.2 Å². The van der Waals surface area contributed by atoms with Crippen LogP contribution in [0.2, 0.25) is 0 Å². The number of methoxy groups -OCH3 is 2. The third-order valence-electron chi connectivity index (χ3n) is 2.34. The molecule has 2 aromatic rings. The highest BCUT2D eigenvalue weighted by atomic mass is 32.2. The number of nitrogens with zero attached hydrogens (tertiary/aromatic N) is 1. The average Bonchev–Trinajstić information content (AvgIpc) is 2.63. The second-order valence-electron chi connectivity index (χ2n) is 3.85. The van der Waals surface area contributed by atoms with Gasteiger partial charge in [0.1, 0.15) is 21.7 Å². The lowest BCUT2D eigenvalue weighted by molar-refractivity contribution is 0.409. The van der Waals surface area contributed by atoms with Gasteiger partial charge in [-0.25, -0.2) is 0 Å². The van der Waals surface area contributed by atoms with E-state index in [2.05, 4.69) is 0 Å². The van der Waals surface area contributed by atoms with Gasteiger partial charge in [-0.2, -0.15) is 8.42 Å². The summed E-state index contributed by atoms with van der Waals surface area (Å²) in [6.07, 6.45) is 0.715. The summed E-state index contributed by atoms with van der Waals surface area (Å²) < 4.78 is 39.1. The van der Waals surface area contributed by atoms with Gasteiger partial charge in [-0.05, 0) is 12.1 Å². The van der Waals surface area contributed by atoms with Gasteiger partial charge in [-0.3, -0.25) is 9.96 Å². The highest BCUT2D eigenvalue weighted by Gasteiger charge is 2.12. The summed E-state index contributed by atoms with van der Waals surface area (Å²) in [5.74, 6) is 1.55. The first kappa shape index (κ1) is 16.5. The van der Waals surface area contributed by atoms with Crippen LogP contribution in [0, 0.1) is 5.41 Å². The van der Waals surface area contributed by atoms with Gasteiger partial charge in [0.2, 0.25) is 0 Å². The van der Waals surface area contributed by atoms with Crippen molar-refractivity contribution in [2.24, 2.45) is 7.05 Å². The first-order valence-electron chi connectivity index (χ1n) is 5.36. The number of benzene rings is 1. The van der Waals surface area contributed by atoms with Crippen LogP contribution in [0.3, 0.4) is 0 Å². The molecule has 1 heterocycles. The molecule has 1 aromatic carbocycles. The second kappa shape index (κ2) is 6.25. The van der Waals surface area contributed by atoms with Gasteiger partial charge in [-0.15, -0.1) is 0 Å². The van der Waals surface area contributed by atoms with Crippen LogP contribution >= 0.6 is 11.3 Å². The largest absolute Gasteiger partial charge is 0.495 e. The summed E-state index contributed by atoms with van der Waals surface area (Å²) in [6.45, 7) is 0. The van der Waals surface area contributed by atoms with Crippen LogP contribution < -0.4 is 14.3 Å². The quantitative estimate of drug-likeness (QED) is 0.811. The number of aromatic nitrogens is 1. The van der Waals surface area contributed by atoms with Crippen molar-refractivity contribution in [3.63, 3.8) is 0 Å². The molecule has 0 amide bonds. The molecule has 2 N–H and O–H groups in total. The summed E-state index contributed by atoms with van der Waals surface area (Å²) in [6, 6.07) is 3.71. The Morgan fingerprint density at radius 2 is 1.70 bits per heavy atom. The van der Waals surface area contributed by atoms with Crippen LogP contribution in [0.15, 0.2) is 12.1 Å². The first-order chi connectivity index (χ1) is 9.19. The van der Waals surface area contributed by atoms with Crippen molar-refractivity contribution in [1.29, 1.82) is 5.41 Å². The van der Waals surface area contributed by atoms with E-state index >= 15 is 0 Å². The van der Waals surface area contributed by atoms with Gasteiger partial charge in [0.05, 0.1) is 20.5 Å². The molecule has 0 atom stereocenters.